The smallest absolute Gasteiger partial charge is 0.0706 e. The summed E-state index contributed by atoms with van der Waals surface area (Å²) >= 11 is 4.38. The molecule has 0 saturated carbocycles. The van der Waals surface area contributed by atoms with Crippen molar-refractivity contribution in [2.75, 3.05) is 66.8 Å². The van der Waals surface area contributed by atoms with Crippen molar-refractivity contribution in [3.8, 4) is 0 Å². The van der Waals surface area contributed by atoms with Gasteiger partial charge in [-0.25, -0.2) is 0 Å². The monoisotopic (exact) mass is 354 g/mol. The third-order valence-electron chi connectivity index (χ3n) is 3.07. The minimum Gasteiger partial charge on any atom is -0.378 e. The molecule has 5 nitrogen and oxygen atoms in total. The average Bonchev–Trinajstić information content (AvgIpc) is 2.44. The first-order valence-corrected chi connectivity index (χ1v) is 9.75. The molecule has 0 bridgehead atoms. The lowest BCUT2D eigenvalue weighted by molar-refractivity contribution is 0.0104. The Kier molecular flexibility index (Phi) is 14.2. The van der Waals surface area contributed by atoms with E-state index in [1.54, 1.807) is 10.8 Å². The van der Waals surface area contributed by atoms with Gasteiger partial charge in [-0.3, -0.25) is 4.90 Å². The van der Waals surface area contributed by atoms with E-state index < -0.39 is 0 Å². The molecule has 0 aromatic rings. The van der Waals surface area contributed by atoms with Crippen LogP contribution in [-0.2, 0) is 14.2 Å². The molecule has 7 heteroatoms. The zero-order chi connectivity index (χ0) is 16.8. The van der Waals surface area contributed by atoms with Crippen LogP contribution in [0.3, 0.4) is 0 Å². The van der Waals surface area contributed by atoms with Crippen LogP contribution in [0.4, 0.5) is 0 Å². The molecule has 0 aromatic carbocycles. The van der Waals surface area contributed by atoms with E-state index in [9.17, 15) is 0 Å². The first kappa shape index (κ1) is 22.5. The standard InChI is InChI=1S/C15H34N2O3S2/c1-15(2,3)14(22-21)17(5)7-9-19-11-13-20-12-10-18-8-6-16-4/h14,16,21H,6-13H2,1-5H3. The van der Waals surface area contributed by atoms with Crippen LogP contribution in [-0.4, -0.2) is 77.1 Å². The first-order valence-electron chi connectivity index (χ1n) is 7.81. The fraction of sp³-hybridized carbons (Fsp3) is 1.00. The number of hydrogen-bond acceptors (Lipinski definition) is 7. The SMILES string of the molecule is CNCCOCCOCCOCCN(C)C(SS)C(C)(C)C. The highest BCUT2D eigenvalue weighted by Crippen LogP contribution is 2.34. The van der Waals surface area contributed by atoms with Gasteiger partial charge in [0.15, 0.2) is 0 Å². The summed E-state index contributed by atoms with van der Waals surface area (Å²) in [5.74, 6) is 0. The zero-order valence-electron chi connectivity index (χ0n) is 14.8. The van der Waals surface area contributed by atoms with Crippen LogP contribution in [0.1, 0.15) is 20.8 Å². The fourth-order valence-corrected chi connectivity index (χ4v) is 3.96. The van der Waals surface area contributed by atoms with Gasteiger partial charge in [-0.1, -0.05) is 31.6 Å². The van der Waals surface area contributed by atoms with Gasteiger partial charge in [-0.2, -0.15) is 0 Å². The minimum absolute atomic E-state index is 0.192. The molecule has 22 heavy (non-hydrogen) atoms. The van der Waals surface area contributed by atoms with Crippen LogP contribution >= 0.6 is 22.5 Å². The van der Waals surface area contributed by atoms with Gasteiger partial charge in [0, 0.05) is 13.1 Å². The largest absolute Gasteiger partial charge is 0.378 e. The van der Waals surface area contributed by atoms with Gasteiger partial charge in [-0.15, -0.1) is 11.7 Å². The molecule has 0 spiro atoms. The molecule has 0 heterocycles. The molecule has 0 aliphatic carbocycles. The highest BCUT2D eigenvalue weighted by Gasteiger charge is 2.27. The Balaban J connectivity index is 3.45. The summed E-state index contributed by atoms with van der Waals surface area (Å²) < 4.78 is 16.4. The van der Waals surface area contributed by atoms with Crippen molar-refractivity contribution >= 4 is 22.5 Å². The molecule has 0 aliphatic heterocycles. The summed E-state index contributed by atoms with van der Waals surface area (Å²) in [5.41, 5.74) is 0.192. The van der Waals surface area contributed by atoms with Gasteiger partial charge in [0.1, 0.15) is 0 Å². The van der Waals surface area contributed by atoms with Crippen LogP contribution in [0, 0.1) is 5.41 Å². The van der Waals surface area contributed by atoms with Crippen molar-refractivity contribution in [2.45, 2.75) is 26.1 Å². The molecule has 0 radical (unpaired) electrons. The molecule has 0 rings (SSSR count). The highest BCUT2D eigenvalue weighted by atomic mass is 33.1. The average molecular weight is 355 g/mol. The van der Waals surface area contributed by atoms with E-state index in [1.807, 2.05) is 7.05 Å². The number of rotatable bonds is 14. The Labute approximate surface area is 145 Å². The second-order valence-electron chi connectivity index (χ2n) is 6.25. The molecule has 0 saturated heterocycles. The molecule has 1 unspecified atom stereocenters. The summed E-state index contributed by atoms with van der Waals surface area (Å²) in [6, 6.07) is 0. The van der Waals surface area contributed by atoms with E-state index in [-0.39, 0.29) is 5.41 Å². The molecular formula is C15H34N2O3S2. The Hall–Kier alpha value is 0.500. The lowest BCUT2D eigenvalue weighted by atomic mass is 9.96. The van der Waals surface area contributed by atoms with Crippen LogP contribution < -0.4 is 5.32 Å². The zero-order valence-corrected chi connectivity index (χ0v) is 16.5. The van der Waals surface area contributed by atoms with E-state index in [0.717, 1.165) is 19.7 Å². The second-order valence-corrected chi connectivity index (χ2v) is 7.53. The Morgan fingerprint density at radius 3 is 1.95 bits per heavy atom. The predicted octanol–water partition coefficient (Wildman–Crippen LogP) is 2.14. The van der Waals surface area contributed by atoms with E-state index >= 15 is 0 Å². The van der Waals surface area contributed by atoms with Gasteiger partial charge < -0.3 is 19.5 Å². The van der Waals surface area contributed by atoms with Crippen molar-refractivity contribution in [3.05, 3.63) is 0 Å². The summed E-state index contributed by atoms with van der Waals surface area (Å²) in [7, 11) is 5.61. The highest BCUT2D eigenvalue weighted by molar-refractivity contribution is 8.68. The van der Waals surface area contributed by atoms with Crippen molar-refractivity contribution in [2.24, 2.45) is 5.41 Å². The maximum atomic E-state index is 5.61. The maximum absolute atomic E-state index is 5.61. The van der Waals surface area contributed by atoms with Crippen LogP contribution in [0.5, 0.6) is 0 Å². The quantitative estimate of drug-likeness (QED) is 0.216. The van der Waals surface area contributed by atoms with Crippen LogP contribution in [0.15, 0.2) is 0 Å². The maximum Gasteiger partial charge on any atom is 0.0706 e. The van der Waals surface area contributed by atoms with Crippen molar-refractivity contribution in [3.63, 3.8) is 0 Å². The van der Waals surface area contributed by atoms with E-state index in [0.29, 0.717) is 38.4 Å². The lowest BCUT2D eigenvalue weighted by Gasteiger charge is -2.36. The van der Waals surface area contributed by atoms with Gasteiger partial charge in [-0.05, 0) is 19.5 Å². The molecule has 1 atom stereocenters. The fourth-order valence-electron chi connectivity index (χ4n) is 1.94. The number of nitrogens with zero attached hydrogens (tertiary/aromatic N) is 1. The molecule has 0 fully saturated rings. The normalized spacial score (nSPS) is 13.8. The van der Waals surface area contributed by atoms with E-state index in [1.165, 1.54) is 0 Å². The summed E-state index contributed by atoms with van der Waals surface area (Å²) in [6.07, 6.45) is 0. The number of thiol groups is 1. The Morgan fingerprint density at radius 2 is 1.50 bits per heavy atom. The summed E-state index contributed by atoms with van der Waals surface area (Å²) in [6.45, 7) is 12.4. The third-order valence-corrected chi connectivity index (χ3v) is 4.94. The number of hydrogen-bond donors (Lipinski definition) is 2. The number of nitrogens with one attached hydrogen (secondary N) is 1. The molecule has 1 N–H and O–H groups in total. The summed E-state index contributed by atoms with van der Waals surface area (Å²) in [5, 5.41) is 3.39. The van der Waals surface area contributed by atoms with Crippen molar-refractivity contribution < 1.29 is 14.2 Å². The molecule has 0 aromatic heterocycles. The second kappa shape index (κ2) is 13.9. The summed E-state index contributed by atoms with van der Waals surface area (Å²) in [4.78, 5) is 2.29. The third kappa shape index (κ3) is 12.0. The van der Waals surface area contributed by atoms with Gasteiger partial charge in [0.25, 0.3) is 0 Å². The van der Waals surface area contributed by atoms with Crippen molar-refractivity contribution in [1.82, 2.24) is 10.2 Å². The molecular weight excluding hydrogens is 320 g/mol. The molecule has 0 amide bonds. The van der Waals surface area contributed by atoms with E-state index in [4.69, 9.17) is 14.2 Å². The van der Waals surface area contributed by atoms with Gasteiger partial charge >= 0.3 is 0 Å². The minimum atomic E-state index is 0.192. The number of likely N-dealkylation sites (N-methyl/N-ethyl adjacent to an activating group) is 2. The Bertz CT molecular complexity index is 253. The number of ether oxygens (including phenoxy) is 3. The topological polar surface area (TPSA) is 43.0 Å². The van der Waals surface area contributed by atoms with Gasteiger partial charge in [0.05, 0.1) is 45.0 Å². The van der Waals surface area contributed by atoms with Gasteiger partial charge in [0.2, 0.25) is 0 Å². The molecule has 134 valence electrons. The first-order chi connectivity index (χ1) is 10.4. The van der Waals surface area contributed by atoms with Crippen LogP contribution in [0.25, 0.3) is 0 Å². The van der Waals surface area contributed by atoms with E-state index in [2.05, 4.69) is 49.7 Å². The molecule has 0 aliphatic rings. The van der Waals surface area contributed by atoms with Crippen molar-refractivity contribution in [1.29, 1.82) is 0 Å². The predicted molar refractivity (Wildman–Crippen MR) is 98.8 cm³/mol. The lowest BCUT2D eigenvalue weighted by Crippen LogP contribution is -2.40. The Morgan fingerprint density at radius 1 is 1.00 bits per heavy atom. The van der Waals surface area contributed by atoms with Crippen LogP contribution in [0.2, 0.25) is 0 Å².